The van der Waals surface area contributed by atoms with Crippen molar-refractivity contribution < 1.29 is 4.79 Å². The van der Waals surface area contributed by atoms with Gasteiger partial charge in [0.15, 0.2) is 0 Å². The summed E-state index contributed by atoms with van der Waals surface area (Å²) >= 11 is 0. The molecule has 3 unspecified atom stereocenters. The van der Waals surface area contributed by atoms with E-state index < -0.39 is 0 Å². The number of nitrogens with zero attached hydrogens (tertiary/aromatic N) is 2. The molecule has 1 saturated heterocycles. The highest BCUT2D eigenvalue weighted by molar-refractivity contribution is 5.79. The highest BCUT2D eigenvalue weighted by Crippen LogP contribution is 2.34. The molecule has 1 aliphatic heterocycles. The van der Waals surface area contributed by atoms with E-state index in [4.69, 9.17) is 5.26 Å². The van der Waals surface area contributed by atoms with Crippen LogP contribution < -0.4 is 0 Å². The summed E-state index contributed by atoms with van der Waals surface area (Å²) in [7, 11) is 0. The van der Waals surface area contributed by atoms with Gasteiger partial charge in [-0.1, -0.05) is 13.8 Å². The Kier molecular flexibility index (Phi) is 3.18. The zero-order valence-corrected chi connectivity index (χ0v) is 10.1. The van der Waals surface area contributed by atoms with Crippen molar-refractivity contribution in [3.63, 3.8) is 0 Å². The predicted octanol–water partition coefficient (Wildman–Crippen LogP) is 2.18. The van der Waals surface area contributed by atoms with Gasteiger partial charge >= 0.3 is 0 Å². The number of amides is 1. The topological polar surface area (TPSA) is 44.1 Å². The molecule has 0 radical (unpaired) electrons. The van der Waals surface area contributed by atoms with Crippen LogP contribution in [0.2, 0.25) is 0 Å². The maximum Gasteiger partial charge on any atom is 0.224 e. The van der Waals surface area contributed by atoms with Crippen LogP contribution in [-0.2, 0) is 4.79 Å². The van der Waals surface area contributed by atoms with Crippen LogP contribution in [0.4, 0.5) is 0 Å². The quantitative estimate of drug-likeness (QED) is 0.680. The molecule has 16 heavy (non-hydrogen) atoms. The Bertz CT molecular complexity index is 310. The van der Waals surface area contributed by atoms with Crippen molar-refractivity contribution in [2.24, 2.45) is 17.8 Å². The van der Waals surface area contributed by atoms with E-state index in [0.29, 0.717) is 30.8 Å². The average Bonchev–Trinajstić information content (AvgIpc) is 2.58. The van der Waals surface area contributed by atoms with E-state index in [0.717, 1.165) is 12.8 Å². The lowest BCUT2D eigenvalue weighted by molar-refractivity contribution is -0.130. The molecule has 2 fully saturated rings. The number of carbonyl (C=O) groups is 1. The predicted molar refractivity (Wildman–Crippen MR) is 61.4 cm³/mol. The number of carbonyl (C=O) groups excluding carboxylic acids is 1. The first-order valence-electron chi connectivity index (χ1n) is 6.29. The molecule has 1 amide bonds. The van der Waals surface area contributed by atoms with Crippen LogP contribution in [0, 0.1) is 29.1 Å². The molecule has 0 aromatic heterocycles. The van der Waals surface area contributed by atoms with Gasteiger partial charge in [0.05, 0.1) is 12.0 Å². The second kappa shape index (κ2) is 4.45. The molecule has 1 saturated carbocycles. The number of rotatable bonds is 1. The van der Waals surface area contributed by atoms with E-state index in [9.17, 15) is 4.79 Å². The third-order valence-electron chi connectivity index (χ3n) is 3.94. The molecular weight excluding hydrogens is 200 g/mol. The van der Waals surface area contributed by atoms with Crippen molar-refractivity contribution in [1.29, 1.82) is 5.26 Å². The standard InChI is InChI=1S/C13H20N2O/c1-9-3-10(2)5-12(4-9)15-8-11(7-14)6-13(15)16/h9-12H,3-6,8H2,1-2H3. The Morgan fingerprint density at radius 3 is 2.38 bits per heavy atom. The van der Waals surface area contributed by atoms with Gasteiger partial charge in [-0.3, -0.25) is 4.79 Å². The first kappa shape index (κ1) is 11.4. The Morgan fingerprint density at radius 2 is 1.88 bits per heavy atom. The van der Waals surface area contributed by atoms with Gasteiger partial charge in [-0.05, 0) is 31.1 Å². The van der Waals surface area contributed by atoms with Crippen molar-refractivity contribution in [1.82, 2.24) is 4.90 Å². The maximum atomic E-state index is 11.8. The van der Waals surface area contributed by atoms with E-state index in [1.165, 1.54) is 6.42 Å². The summed E-state index contributed by atoms with van der Waals surface area (Å²) in [6.45, 7) is 5.20. The van der Waals surface area contributed by atoms with Gasteiger partial charge in [-0.2, -0.15) is 5.26 Å². The minimum atomic E-state index is -0.0694. The van der Waals surface area contributed by atoms with Crippen LogP contribution in [0.1, 0.15) is 39.5 Å². The zero-order chi connectivity index (χ0) is 11.7. The van der Waals surface area contributed by atoms with Crippen LogP contribution in [0.3, 0.4) is 0 Å². The number of nitriles is 1. The molecule has 0 bridgehead atoms. The fourth-order valence-corrected chi connectivity index (χ4v) is 3.33. The van der Waals surface area contributed by atoms with Crippen LogP contribution in [0.15, 0.2) is 0 Å². The summed E-state index contributed by atoms with van der Waals surface area (Å²) in [5.41, 5.74) is 0. The summed E-state index contributed by atoms with van der Waals surface area (Å²) in [4.78, 5) is 13.8. The molecule has 0 spiro atoms. The first-order valence-corrected chi connectivity index (χ1v) is 6.29. The smallest absolute Gasteiger partial charge is 0.224 e. The molecule has 0 aromatic carbocycles. The lowest BCUT2D eigenvalue weighted by Crippen LogP contribution is -2.41. The number of likely N-dealkylation sites (tertiary alicyclic amines) is 1. The first-order chi connectivity index (χ1) is 7.60. The normalized spacial score (nSPS) is 39.8. The molecule has 0 N–H and O–H groups in total. The second-order valence-corrected chi connectivity index (χ2v) is 5.65. The van der Waals surface area contributed by atoms with Crippen molar-refractivity contribution >= 4 is 5.91 Å². The van der Waals surface area contributed by atoms with Crippen molar-refractivity contribution in [2.45, 2.75) is 45.6 Å². The largest absolute Gasteiger partial charge is 0.338 e. The SMILES string of the molecule is CC1CC(C)CC(N2CC(C#N)CC2=O)C1. The molecule has 88 valence electrons. The molecule has 1 heterocycles. The molecule has 1 aliphatic carbocycles. The molecule has 2 aliphatic rings. The molecule has 3 nitrogen and oxygen atoms in total. The lowest BCUT2D eigenvalue weighted by Gasteiger charge is -2.37. The summed E-state index contributed by atoms with van der Waals surface area (Å²) in [6.07, 6.45) is 3.96. The van der Waals surface area contributed by atoms with Crippen LogP contribution in [-0.4, -0.2) is 23.4 Å². The Morgan fingerprint density at radius 1 is 1.25 bits per heavy atom. The van der Waals surface area contributed by atoms with Crippen molar-refractivity contribution in [2.75, 3.05) is 6.54 Å². The van der Waals surface area contributed by atoms with Crippen molar-refractivity contribution in [3.8, 4) is 6.07 Å². The number of hydrogen-bond donors (Lipinski definition) is 0. The van der Waals surface area contributed by atoms with E-state index in [1.54, 1.807) is 0 Å². The fourth-order valence-electron chi connectivity index (χ4n) is 3.33. The second-order valence-electron chi connectivity index (χ2n) is 5.65. The van der Waals surface area contributed by atoms with Gasteiger partial charge in [-0.15, -0.1) is 0 Å². The summed E-state index contributed by atoms with van der Waals surface area (Å²) in [6, 6.07) is 2.62. The minimum Gasteiger partial charge on any atom is -0.338 e. The van der Waals surface area contributed by atoms with E-state index in [2.05, 4.69) is 19.9 Å². The van der Waals surface area contributed by atoms with Crippen LogP contribution in [0.5, 0.6) is 0 Å². The molecule has 3 atom stereocenters. The maximum absolute atomic E-state index is 11.8. The van der Waals surface area contributed by atoms with Crippen molar-refractivity contribution in [3.05, 3.63) is 0 Å². The summed E-state index contributed by atoms with van der Waals surface area (Å²) in [5, 5.41) is 8.88. The van der Waals surface area contributed by atoms with Gasteiger partial charge < -0.3 is 4.90 Å². The summed E-state index contributed by atoms with van der Waals surface area (Å²) in [5.74, 6) is 1.54. The van der Waals surface area contributed by atoms with E-state index >= 15 is 0 Å². The lowest BCUT2D eigenvalue weighted by atomic mass is 9.80. The van der Waals surface area contributed by atoms with Gasteiger partial charge in [0.25, 0.3) is 0 Å². The third-order valence-corrected chi connectivity index (χ3v) is 3.94. The highest BCUT2D eigenvalue weighted by Gasteiger charge is 2.37. The van der Waals surface area contributed by atoms with Gasteiger partial charge in [0.1, 0.15) is 0 Å². The van der Waals surface area contributed by atoms with Gasteiger partial charge in [-0.25, -0.2) is 0 Å². The Hall–Kier alpha value is -1.04. The molecule has 3 heteroatoms. The molecule has 0 aromatic rings. The van der Waals surface area contributed by atoms with E-state index in [-0.39, 0.29) is 11.8 Å². The monoisotopic (exact) mass is 220 g/mol. The Labute approximate surface area is 97.4 Å². The number of hydrogen-bond acceptors (Lipinski definition) is 2. The Balaban J connectivity index is 2.02. The third kappa shape index (κ3) is 2.21. The molecule has 2 rings (SSSR count). The fraction of sp³-hybridized carbons (Fsp3) is 0.846. The van der Waals surface area contributed by atoms with Gasteiger partial charge in [0, 0.05) is 19.0 Å². The zero-order valence-electron chi connectivity index (χ0n) is 10.1. The van der Waals surface area contributed by atoms with Crippen LogP contribution >= 0.6 is 0 Å². The van der Waals surface area contributed by atoms with E-state index in [1.807, 2.05) is 4.90 Å². The summed E-state index contributed by atoms with van der Waals surface area (Å²) < 4.78 is 0. The molecular formula is C13H20N2O. The van der Waals surface area contributed by atoms with Gasteiger partial charge in [0.2, 0.25) is 5.91 Å². The highest BCUT2D eigenvalue weighted by atomic mass is 16.2. The van der Waals surface area contributed by atoms with Crippen LogP contribution in [0.25, 0.3) is 0 Å². The minimum absolute atomic E-state index is 0.0694. The average molecular weight is 220 g/mol.